The first-order valence-electron chi connectivity index (χ1n) is 8.32. The van der Waals surface area contributed by atoms with Crippen molar-refractivity contribution in [2.45, 2.75) is 6.54 Å². The van der Waals surface area contributed by atoms with Gasteiger partial charge in [0.25, 0.3) is 5.91 Å². The molecular formula is C18H23N5O2. The number of carbonyl (C=O) groups is 1. The van der Waals surface area contributed by atoms with E-state index >= 15 is 0 Å². The van der Waals surface area contributed by atoms with Crippen LogP contribution in [0.3, 0.4) is 0 Å². The van der Waals surface area contributed by atoms with Gasteiger partial charge in [0.1, 0.15) is 5.82 Å². The van der Waals surface area contributed by atoms with Gasteiger partial charge in [0.05, 0.1) is 6.54 Å². The number of hydrogen-bond donors (Lipinski definition) is 2. The lowest BCUT2D eigenvalue weighted by Gasteiger charge is -2.36. The van der Waals surface area contributed by atoms with E-state index in [0.717, 1.165) is 49.8 Å². The average Bonchev–Trinajstić information content (AvgIpc) is 3.05. The smallest absolute Gasteiger partial charge is 0.267 e. The summed E-state index contributed by atoms with van der Waals surface area (Å²) in [4.78, 5) is 20.3. The van der Waals surface area contributed by atoms with Crippen LogP contribution in [0, 0.1) is 0 Å². The van der Waals surface area contributed by atoms with Gasteiger partial charge in [-0.15, -0.1) is 0 Å². The zero-order valence-corrected chi connectivity index (χ0v) is 14.3. The van der Waals surface area contributed by atoms with Crippen molar-refractivity contribution >= 4 is 17.7 Å². The number of benzene rings is 1. The van der Waals surface area contributed by atoms with Gasteiger partial charge in [0.15, 0.2) is 0 Å². The minimum atomic E-state index is -0.533. The van der Waals surface area contributed by atoms with E-state index in [0.29, 0.717) is 0 Å². The summed E-state index contributed by atoms with van der Waals surface area (Å²) in [5, 5.41) is 8.61. The molecule has 0 aliphatic carbocycles. The van der Waals surface area contributed by atoms with Crippen molar-refractivity contribution in [1.29, 1.82) is 0 Å². The normalized spacial score (nSPS) is 15.7. The number of piperazine rings is 1. The minimum absolute atomic E-state index is 0.533. The van der Waals surface area contributed by atoms with E-state index in [-0.39, 0.29) is 0 Å². The van der Waals surface area contributed by atoms with Gasteiger partial charge in [0.2, 0.25) is 0 Å². The van der Waals surface area contributed by atoms with Crippen LogP contribution < -0.4 is 10.4 Å². The highest BCUT2D eigenvalue weighted by Crippen LogP contribution is 2.23. The lowest BCUT2D eigenvalue weighted by molar-refractivity contribution is -0.124. The topological polar surface area (TPSA) is 73.6 Å². The summed E-state index contributed by atoms with van der Waals surface area (Å²) < 4.78 is 2.05. The Morgan fingerprint density at radius 1 is 1.28 bits per heavy atom. The molecule has 0 unspecified atom stereocenters. The zero-order valence-electron chi connectivity index (χ0n) is 14.3. The Kier molecular flexibility index (Phi) is 5.47. The first-order valence-corrected chi connectivity index (χ1v) is 8.32. The molecule has 1 saturated heterocycles. The van der Waals surface area contributed by atoms with E-state index in [1.54, 1.807) is 11.6 Å². The molecule has 1 aromatic carbocycles. The number of nitrogens with one attached hydrogen (secondary N) is 1. The minimum Gasteiger partial charge on any atom is -0.368 e. The molecule has 2 aromatic rings. The number of hydrogen-bond acceptors (Lipinski definition) is 5. The molecule has 0 saturated carbocycles. The summed E-state index contributed by atoms with van der Waals surface area (Å²) in [6.07, 6.45) is 6.85. The third kappa shape index (κ3) is 4.26. The number of aromatic nitrogens is 2. The summed E-state index contributed by atoms with van der Waals surface area (Å²) in [5.41, 5.74) is 3.67. The van der Waals surface area contributed by atoms with Crippen LogP contribution in [0.15, 0.2) is 42.7 Å². The Morgan fingerprint density at radius 3 is 2.72 bits per heavy atom. The molecule has 0 radical (unpaired) electrons. The lowest BCUT2D eigenvalue weighted by Crippen LogP contribution is -2.46. The number of anilines is 1. The highest BCUT2D eigenvalue weighted by molar-refractivity contribution is 5.91. The largest absolute Gasteiger partial charge is 0.368 e. The maximum absolute atomic E-state index is 11.2. The highest BCUT2D eigenvalue weighted by Gasteiger charge is 2.19. The maximum atomic E-state index is 11.2. The molecule has 1 fully saturated rings. The summed E-state index contributed by atoms with van der Waals surface area (Å²) in [5.74, 6) is 0.543. The third-order valence-corrected chi connectivity index (χ3v) is 4.46. The number of carbonyl (C=O) groups excluding carboxylic acids is 1. The highest BCUT2D eigenvalue weighted by atomic mass is 16.5. The summed E-state index contributed by atoms with van der Waals surface area (Å²) in [6, 6.07) is 7.97. The van der Waals surface area contributed by atoms with E-state index in [1.807, 2.05) is 37.6 Å². The number of amides is 1. The van der Waals surface area contributed by atoms with Crippen molar-refractivity contribution in [3.8, 4) is 0 Å². The lowest BCUT2D eigenvalue weighted by atomic mass is 10.1. The van der Waals surface area contributed by atoms with Crippen LogP contribution in [0.25, 0.3) is 6.08 Å². The number of nitrogens with zero attached hydrogens (tertiary/aromatic N) is 4. The van der Waals surface area contributed by atoms with Crippen LogP contribution in [0.1, 0.15) is 11.4 Å². The number of aryl methyl sites for hydroxylation is 1. The number of imidazole rings is 1. The summed E-state index contributed by atoms with van der Waals surface area (Å²) in [6.45, 7) is 4.61. The standard InChI is InChI=1S/C18H23N5O2/c1-21-9-8-19-17(21)14-22-10-12-23(13-11-22)16-5-3-2-4-15(16)6-7-18(24)20-25/h2-9,25H,10-14H2,1H3,(H,20,24). The van der Waals surface area contributed by atoms with E-state index in [1.165, 1.54) is 6.08 Å². The maximum Gasteiger partial charge on any atom is 0.267 e. The predicted octanol–water partition coefficient (Wildman–Crippen LogP) is 1.26. The Hall–Kier alpha value is -2.64. The monoisotopic (exact) mass is 341 g/mol. The van der Waals surface area contributed by atoms with Crippen molar-refractivity contribution in [2.24, 2.45) is 7.05 Å². The van der Waals surface area contributed by atoms with Gasteiger partial charge in [-0.25, -0.2) is 10.5 Å². The molecule has 7 nitrogen and oxygen atoms in total. The van der Waals surface area contributed by atoms with Crippen LogP contribution in [0.5, 0.6) is 0 Å². The van der Waals surface area contributed by atoms with Gasteiger partial charge < -0.3 is 9.47 Å². The SMILES string of the molecule is Cn1ccnc1CN1CCN(c2ccccc2C=CC(=O)NO)CC1. The molecule has 0 bridgehead atoms. The van der Waals surface area contributed by atoms with Gasteiger partial charge in [0, 0.05) is 57.4 Å². The van der Waals surface area contributed by atoms with Crippen molar-refractivity contribution < 1.29 is 10.0 Å². The quantitative estimate of drug-likeness (QED) is 0.487. The molecule has 25 heavy (non-hydrogen) atoms. The molecule has 0 spiro atoms. The molecule has 1 aliphatic rings. The second kappa shape index (κ2) is 7.96. The van der Waals surface area contributed by atoms with E-state index in [9.17, 15) is 4.79 Å². The summed E-state index contributed by atoms with van der Waals surface area (Å²) >= 11 is 0. The second-order valence-corrected chi connectivity index (χ2v) is 6.09. The molecule has 1 amide bonds. The van der Waals surface area contributed by atoms with E-state index in [4.69, 9.17) is 5.21 Å². The van der Waals surface area contributed by atoms with Crippen molar-refractivity contribution in [3.63, 3.8) is 0 Å². The molecule has 1 aromatic heterocycles. The van der Waals surface area contributed by atoms with Gasteiger partial charge in [-0.05, 0) is 17.7 Å². The molecule has 2 heterocycles. The van der Waals surface area contributed by atoms with Gasteiger partial charge in [-0.3, -0.25) is 14.9 Å². The molecule has 132 valence electrons. The number of para-hydroxylation sites is 1. The Morgan fingerprint density at radius 2 is 2.04 bits per heavy atom. The molecule has 1 aliphatic heterocycles. The zero-order chi connectivity index (χ0) is 17.6. The second-order valence-electron chi connectivity index (χ2n) is 6.09. The fourth-order valence-electron chi connectivity index (χ4n) is 3.01. The first kappa shape index (κ1) is 17.2. The molecule has 0 atom stereocenters. The van der Waals surface area contributed by atoms with Gasteiger partial charge in [-0.2, -0.15) is 0 Å². The van der Waals surface area contributed by atoms with Crippen LogP contribution >= 0.6 is 0 Å². The van der Waals surface area contributed by atoms with Crippen LogP contribution in [0.4, 0.5) is 5.69 Å². The average molecular weight is 341 g/mol. The molecular weight excluding hydrogens is 318 g/mol. The molecule has 3 rings (SSSR count). The van der Waals surface area contributed by atoms with Crippen LogP contribution in [-0.2, 0) is 18.4 Å². The van der Waals surface area contributed by atoms with Crippen molar-refractivity contribution in [1.82, 2.24) is 19.9 Å². The Labute approximate surface area is 147 Å². The van der Waals surface area contributed by atoms with Gasteiger partial charge >= 0.3 is 0 Å². The third-order valence-electron chi connectivity index (χ3n) is 4.46. The Bertz CT molecular complexity index is 747. The fraction of sp³-hybridized carbons (Fsp3) is 0.333. The van der Waals surface area contributed by atoms with Crippen LogP contribution in [-0.4, -0.2) is 51.7 Å². The first-order chi connectivity index (χ1) is 12.2. The predicted molar refractivity (Wildman–Crippen MR) is 96.1 cm³/mol. The van der Waals surface area contributed by atoms with E-state index < -0.39 is 5.91 Å². The molecule has 2 N–H and O–H groups in total. The van der Waals surface area contributed by atoms with Gasteiger partial charge in [-0.1, -0.05) is 18.2 Å². The number of rotatable bonds is 5. The van der Waals surface area contributed by atoms with Crippen molar-refractivity contribution in [2.75, 3.05) is 31.1 Å². The van der Waals surface area contributed by atoms with Crippen molar-refractivity contribution in [3.05, 3.63) is 54.1 Å². The summed E-state index contributed by atoms with van der Waals surface area (Å²) in [7, 11) is 2.02. The number of hydroxylamine groups is 1. The molecule has 7 heteroatoms. The Balaban J connectivity index is 1.64. The van der Waals surface area contributed by atoms with E-state index in [2.05, 4.69) is 25.4 Å². The van der Waals surface area contributed by atoms with Crippen LogP contribution in [0.2, 0.25) is 0 Å². The fourth-order valence-corrected chi connectivity index (χ4v) is 3.01.